The van der Waals surface area contributed by atoms with Gasteiger partial charge >= 0.3 is 6.03 Å². The molecule has 2 aliphatic heterocycles. The summed E-state index contributed by atoms with van der Waals surface area (Å²) in [4.78, 5) is 19.5. The van der Waals surface area contributed by atoms with Crippen LogP contribution in [0.1, 0.15) is 38.9 Å². The predicted molar refractivity (Wildman–Crippen MR) is 141 cm³/mol. The Balaban J connectivity index is 1.39. The summed E-state index contributed by atoms with van der Waals surface area (Å²) in [5.41, 5.74) is 5.73. The number of likely N-dealkylation sites (N-methyl/N-ethyl adjacent to an activating group) is 1. The van der Waals surface area contributed by atoms with E-state index < -0.39 is 0 Å². The number of amides is 2. The van der Waals surface area contributed by atoms with Crippen molar-refractivity contribution in [2.75, 3.05) is 20.1 Å². The van der Waals surface area contributed by atoms with Gasteiger partial charge in [0.15, 0.2) is 0 Å². The monoisotopic (exact) mass is 500 g/mol. The highest BCUT2D eigenvalue weighted by Crippen LogP contribution is 2.43. The van der Waals surface area contributed by atoms with E-state index in [1.165, 1.54) is 38.7 Å². The van der Waals surface area contributed by atoms with Gasteiger partial charge in [0, 0.05) is 36.3 Å². The Morgan fingerprint density at radius 2 is 1.83 bits per heavy atom. The van der Waals surface area contributed by atoms with Crippen molar-refractivity contribution in [1.29, 1.82) is 0 Å². The summed E-state index contributed by atoms with van der Waals surface area (Å²) in [6.07, 6.45) is 3.84. The molecule has 0 saturated carbocycles. The number of benzene rings is 2. The summed E-state index contributed by atoms with van der Waals surface area (Å²) >= 11 is 1.83. The fourth-order valence-corrected chi connectivity index (χ4v) is 6.85. The van der Waals surface area contributed by atoms with Gasteiger partial charge in [-0.2, -0.15) is 0 Å². The molecule has 6 rings (SSSR count). The topological polar surface area (TPSA) is 40.5 Å². The lowest BCUT2D eigenvalue weighted by Gasteiger charge is -2.32. The maximum Gasteiger partial charge on any atom is 0.318 e. The van der Waals surface area contributed by atoms with E-state index in [1.54, 1.807) is 12.1 Å². The summed E-state index contributed by atoms with van der Waals surface area (Å²) in [6.45, 7) is 3.02. The molecule has 184 valence electrons. The van der Waals surface area contributed by atoms with E-state index >= 15 is 0 Å². The zero-order valence-corrected chi connectivity index (χ0v) is 21.1. The van der Waals surface area contributed by atoms with Gasteiger partial charge in [-0.15, -0.1) is 11.3 Å². The highest BCUT2D eigenvalue weighted by molar-refractivity contribution is 7.15. The first-order valence-electron chi connectivity index (χ1n) is 12.4. The average Bonchev–Trinajstić information content (AvgIpc) is 3.47. The summed E-state index contributed by atoms with van der Waals surface area (Å²) in [5, 5.41) is 4.37. The van der Waals surface area contributed by atoms with Crippen LogP contribution in [0.25, 0.3) is 5.00 Å². The molecule has 0 spiro atoms. The second kappa shape index (κ2) is 9.56. The SMILES string of the molecule is CN1CCc2c(sc3c2CN(C(=O)NCCc2ccccc2)C(c2ccc(F)cc2)c2cccn2-3)C1. The van der Waals surface area contributed by atoms with Gasteiger partial charge in [-0.3, -0.25) is 0 Å². The molecule has 1 N–H and O–H groups in total. The zero-order chi connectivity index (χ0) is 24.6. The Morgan fingerprint density at radius 3 is 2.64 bits per heavy atom. The second-order valence-electron chi connectivity index (χ2n) is 9.63. The van der Waals surface area contributed by atoms with E-state index in [9.17, 15) is 9.18 Å². The molecule has 5 nitrogen and oxygen atoms in total. The molecule has 1 unspecified atom stereocenters. The van der Waals surface area contributed by atoms with Gasteiger partial charge in [-0.25, -0.2) is 9.18 Å². The fourth-order valence-electron chi connectivity index (χ4n) is 5.41. The molecule has 2 aliphatic rings. The third kappa shape index (κ3) is 4.22. The molecule has 0 saturated heterocycles. The number of aromatic nitrogens is 1. The first kappa shape index (κ1) is 23.0. The maximum atomic E-state index is 13.8. The number of hydrogen-bond donors (Lipinski definition) is 1. The summed E-state index contributed by atoms with van der Waals surface area (Å²) in [5.74, 6) is -0.279. The van der Waals surface area contributed by atoms with Crippen LogP contribution in [-0.4, -0.2) is 40.5 Å². The normalized spacial score (nSPS) is 17.2. The molecule has 4 aromatic rings. The Bertz CT molecular complexity index is 1380. The predicted octanol–water partition coefficient (Wildman–Crippen LogP) is 5.52. The second-order valence-corrected chi connectivity index (χ2v) is 10.7. The number of thiophene rings is 1. The molecule has 2 aromatic heterocycles. The number of fused-ring (bicyclic) bond motifs is 5. The van der Waals surface area contributed by atoms with Gasteiger partial charge in [-0.05, 0) is 60.8 Å². The molecule has 36 heavy (non-hydrogen) atoms. The van der Waals surface area contributed by atoms with Crippen molar-refractivity contribution in [3.63, 3.8) is 0 Å². The van der Waals surface area contributed by atoms with Crippen LogP contribution in [0.2, 0.25) is 0 Å². The molecule has 0 fully saturated rings. The Hall–Kier alpha value is -3.42. The number of nitrogens with zero attached hydrogens (tertiary/aromatic N) is 3. The van der Waals surface area contributed by atoms with E-state index in [2.05, 4.69) is 46.2 Å². The average molecular weight is 501 g/mol. The Morgan fingerprint density at radius 1 is 1.03 bits per heavy atom. The van der Waals surface area contributed by atoms with Gasteiger partial charge in [0.1, 0.15) is 10.8 Å². The molecule has 2 aromatic carbocycles. The molecule has 4 heterocycles. The van der Waals surface area contributed by atoms with E-state index in [0.29, 0.717) is 13.1 Å². The number of halogens is 1. The smallest absolute Gasteiger partial charge is 0.318 e. The van der Waals surface area contributed by atoms with Crippen molar-refractivity contribution >= 4 is 17.4 Å². The first-order valence-corrected chi connectivity index (χ1v) is 13.2. The van der Waals surface area contributed by atoms with Gasteiger partial charge in [0.2, 0.25) is 0 Å². The van der Waals surface area contributed by atoms with Crippen LogP contribution in [0.3, 0.4) is 0 Å². The number of carbonyl (C=O) groups excluding carboxylic acids is 1. The van der Waals surface area contributed by atoms with E-state index in [1.807, 2.05) is 40.5 Å². The highest BCUT2D eigenvalue weighted by atomic mass is 32.1. The summed E-state index contributed by atoms with van der Waals surface area (Å²) < 4.78 is 16.1. The highest BCUT2D eigenvalue weighted by Gasteiger charge is 2.36. The number of nitrogens with one attached hydrogen (secondary N) is 1. The summed E-state index contributed by atoms with van der Waals surface area (Å²) in [6, 6.07) is 20.4. The lowest BCUT2D eigenvalue weighted by Crippen LogP contribution is -2.42. The van der Waals surface area contributed by atoms with Crippen molar-refractivity contribution in [3.8, 4) is 5.00 Å². The molecule has 0 aliphatic carbocycles. The molecule has 1 atom stereocenters. The molecular formula is C29H29FN4OS. The summed E-state index contributed by atoms with van der Waals surface area (Å²) in [7, 11) is 2.16. The van der Waals surface area contributed by atoms with Crippen LogP contribution in [0.4, 0.5) is 9.18 Å². The molecule has 2 amide bonds. The largest absolute Gasteiger partial charge is 0.338 e. The first-order chi connectivity index (χ1) is 17.6. The van der Waals surface area contributed by atoms with Gasteiger partial charge in [0.05, 0.1) is 18.3 Å². The quantitative estimate of drug-likeness (QED) is 0.401. The van der Waals surface area contributed by atoms with E-state index in [0.717, 1.165) is 37.2 Å². The van der Waals surface area contributed by atoms with Gasteiger partial charge in [0.25, 0.3) is 0 Å². The van der Waals surface area contributed by atoms with Crippen molar-refractivity contribution in [1.82, 2.24) is 19.7 Å². The van der Waals surface area contributed by atoms with Crippen LogP contribution in [0.5, 0.6) is 0 Å². The van der Waals surface area contributed by atoms with Crippen LogP contribution in [0.15, 0.2) is 72.9 Å². The van der Waals surface area contributed by atoms with Crippen molar-refractivity contribution in [3.05, 3.63) is 112 Å². The zero-order valence-electron chi connectivity index (χ0n) is 20.3. The molecule has 7 heteroatoms. The van der Waals surface area contributed by atoms with Crippen LogP contribution in [0, 0.1) is 5.82 Å². The fraction of sp³-hybridized carbons (Fsp3) is 0.276. The van der Waals surface area contributed by atoms with E-state index in [4.69, 9.17) is 0 Å². The number of rotatable bonds is 4. The minimum absolute atomic E-state index is 0.103. The van der Waals surface area contributed by atoms with Crippen LogP contribution < -0.4 is 5.32 Å². The standard InChI is InChI=1S/C29H29FN4OS/c1-32-17-14-23-24-18-34(29(35)31-15-13-20-6-3-2-4-7-20)27(21-9-11-22(30)12-10-21)25-8-5-16-33(25)28(24)36-26(23)19-32/h2-12,16,27H,13-15,17-19H2,1H3,(H,31,35). The molecular weight excluding hydrogens is 471 g/mol. The molecule has 0 bridgehead atoms. The van der Waals surface area contributed by atoms with Crippen molar-refractivity contribution in [2.24, 2.45) is 0 Å². The third-order valence-corrected chi connectivity index (χ3v) is 8.49. The lowest BCUT2D eigenvalue weighted by atomic mass is 10.0. The third-order valence-electron chi connectivity index (χ3n) is 7.23. The van der Waals surface area contributed by atoms with Crippen LogP contribution >= 0.6 is 11.3 Å². The number of carbonyl (C=O) groups is 1. The Labute approximate surface area is 214 Å². The van der Waals surface area contributed by atoms with Crippen LogP contribution in [-0.2, 0) is 25.9 Å². The van der Waals surface area contributed by atoms with Gasteiger partial charge < -0.3 is 19.7 Å². The van der Waals surface area contributed by atoms with E-state index in [-0.39, 0.29) is 17.9 Å². The number of urea groups is 1. The Kier molecular flexibility index (Phi) is 6.11. The maximum absolute atomic E-state index is 13.8. The number of hydrogen-bond acceptors (Lipinski definition) is 3. The van der Waals surface area contributed by atoms with Crippen molar-refractivity contribution < 1.29 is 9.18 Å². The molecule has 0 radical (unpaired) electrons. The van der Waals surface area contributed by atoms with Crippen molar-refractivity contribution in [2.45, 2.75) is 32.0 Å². The lowest BCUT2D eigenvalue weighted by molar-refractivity contribution is 0.180. The minimum Gasteiger partial charge on any atom is -0.338 e. The minimum atomic E-state index is -0.321. The van der Waals surface area contributed by atoms with Gasteiger partial charge in [-0.1, -0.05) is 42.5 Å².